The van der Waals surface area contributed by atoms with Gasteiger partial charge in [-0.3, -0.25) is 4.99 Å². The zero-order chi connectivity index (χ0) is 21.4. The van der Waals surface area contributed by atoms with Gasteiger partial charge in [0.15, 0.2) is 17.5 Å². The molecule has 9 nitrogen and oxygen atoms in total. The Bertz CT molecular complexity index is 786. The number of nitrogens with zero attached hydrogens (tertiary/aromatic N) is 2. The summed E-state index contributed by atoms with van der Waals surface area (Å²) >= 11 is 0. The third-order valence-corrected chi connectivity index (χ3v) is 6.31. The summed E-state index contributed by atoms with van der Waals surface area (Å²) in [4.78, 5) is 4.26. The van der Waals surface area contributed by atoms with E-state index in [-0.39, 0.29) is 24.0 Å². The summed E-state index contributed by atoms with van der Waals surface area (Å²) in [6.45, 7) is 2.42. The minimum Gasteiger partial charge on any atom is -0.493 e. The predicted molar refractivity (Wildman–Crippen MR) is 129 cm³/mol. The quantitative estimate of drug-likeness (QED) is 0.286. The molecule has 0 unspecified atom stereocenters. The van der Waals surface area contributed by atoms with Crippen molar-refractivity contribution in [2.45, 2.75) is 19.4 Å². The summed E-state index contributed by atoms with van der Waals surface area (Å²) in [7, 11) is 3.37. The molecule has 1 fully saturated rings. The molecule has 2 rings (SSSR count). The summed E-state index contributed by atoms with van der Waals surface area (Å²) < 4.78 is 40.9. The van der Waals surface area contributed by atoms with Crippen LogP contribution >= 0.6 is 24.0 Å². The molecule has 1 aromatic carbocycles. The fourth-order valence-electron chi connectivity index (χ4n) is 3.33. The fourth-order valence-corrected chi connectivity index (χ4v) is 4.20. The number of methoxy groups -OCH3 is 3. The van der Waals surface area contributed by atoms with Gasteiger partial charge in [-0.25, -0.2) is 12.7 Å². The zero-order valence-electron chi connectivity index (χ0n) is 18.2. The topological polar surface area (TPSA) is 101 Å². The van der Waals surface area contributed by atoms with Crippen LogP contribution in [0.1, 0.15) is 18.4 Å². The number of aliphatic imine (C=N–C) groups is 1. The summed E-state index contributed by atoms with van der Waals surface area (Å²) in [6.07, 6.45) is 2.94. The highest BCUT2D eigenvalue weighted by molar-refractivity contribution is 14.0. The van der Waals surface area contributed by atoms with Crippen molar-refractivity contribution >= 4 is 40.0 Å². The predicted octanol–water partition coefficient (Wildman–Crippen LogP) is 1.67. The van der Waals surface area contributed by atoms with E-state index in [1.807, 2.05) is 12.1 Å². The van der Waals surface area contributed by atoms with Gasteiger partial charge in [0.1, 0.15) is 0 Å². The maximum absolute atomic E-state index is 11.6. The third-order valence-electron chi connectivity index (χ3n) is 5.01. The highest BCUT2D eigenvalue weighted by atomic mass is 127. The van der Waals surface area contributed by atoms with Crippen LogP contribution < -0.4 is 24.8 Å². The van der Waals surface area contributed by atoms with Gasteiger partial charge in [-0.2, -0.15) is 0 Å². The van der Waals surface area contributed by atoms with Crippen LogP contribution in [0.15, 0.2) is 17.1 Å². The minimum absolute atomic E-state index is 0. The second kappa shape index (κ2) is 12.4. The van der Waals surface area contributed by atoms with Crippen molar-refractivity contribution in [2.24, 2.45) is 10.9 Å². The van der Waals surface area contributed by atoms with Crippen LogP contribution in [0.3, 0.4) is 0 Å². The van der Waals surface area contributed by atoms with E-state index >= 15 is 0 Å². The lowest BCUT2D eigenvalue weighted by atomic mass is 9.98. The van der Waals surface area contributed by atoms with E-state index in [1.54, 1.807) is 32.7 Å². The lowest BCUT2D eigenvalue weighted by Crippen LogP contribution is -2.43. The second-order valence-electron chi connectivity index (χ2n) is 6.95. The molecule has 1 aliphatic rings. The summed E-state index contributed by atoms with van der Waals surface area (Å²) in [5.74, 6) is 2.85. The number of benzene rings is 1. The first kappa shape index (κ1) is 26.6. The van der Waals surface area contributed by atoms with Crippen LogP contribution in [-0.4, -0.2) is 72.9 Å². The molecule has 172 valence electrons. The molecule has 0 bridgehead atoms. The molecule has 0 atom stereocenters. The van der Waals surface area contributed by atoms with Crippen molar-refractivity contribution in [1.82, 2.24) is 14.9 Å². The van der Waals surface area contributed by atoms with E-state index in [9.17, 15) is 8.42 Å². The van der Waals surface area contributed by atoms with Gasteiger partial charge in [0, 0.05) is 33.2 Å². The molecule has 1 heterocycles. The molecule has 0 aromatic heterocycles. The Morgan fingerprint density at radius 1 is 1.10 bits per heavy atom. The Kier molecular flexibility index (Phi) is 11.0. The minimum atomic E-state index is -3.09. The smallest absolute Gasteiger partial charge is 0.211 e. The van der Waals surface area contributed by atoms with Crippen molar-refractivity contribution in [3.05, 3.63) is 17.7 Å². The van der Waals surface area contributed by atoms with Crippen LogP contribution in [0.25, 0.3) is 0 Å². The van der Waals surface area contributed by atoms with E-state index < -0.39 is 10.0 Å². The van der Waals surface area contributed by atoms with E-state index in [4.69, 9.17) is 14.2 Å². The van der Waals surface area contributed by atoms with Crippen molar-refractivity contribution in [3.63, 3.8) is 0 Å². The molecule has 0 amide bonds. The van der Waals surface area contributed by atoms with Crippen LogP contribution in [0.2, 0.25) is 0 Å². The number of halogens is 1. The molecular formula is C19H33IN4O5S. The number of nitrogens with one attached hydrogen (secondary N) is 2. The van der Waals surface area contributed by atoms with Gasteiger partial charge in [-0.15, -0.1) is 24.0 Å². The van der Waals surface area contributed by atoms with E-state index in [1.165, 1.54) is 6.26 Å². The lowest BCUT2D eigenvalue weighted by Gasteiger charge is -2.30. The summed E-state index contributed by atoms with van der Waals surface area (Å²) in [5, 5.41) is 6.61. The molecule has 30 heavy (non-hydrogen) atoms. The van der Waals surface area contributed by atoms with Crippen molar-refractivity contribution in [2.75, 3.05) is 54.3 Å². The maximum atomic E-state index is 11.6. The molecule has 2 N–H and O–H groups in total. The van der Waals surface area contributed by atoms with Gasteiger partial charge in [-0.05, 0) is 36.5 Å². The number of sulfonamides is 1. The van der Waals surface area contributed by atoms with Crippen molar-refractivity contribution in [3.8, 4) is 17.2 Å². The zero-order valence-corrected chi connectivity index (χ0v) is 21.4. The highest BCUT2D eigenvalue weighted by Gasteiger charge is 2.24. The Balaban J connectivity index is 0.00000450. The molecule has 0 radical (unpaired) electrons. The number of piperidine rings is 1. The van der Waals surface area contributed by atoms with Gasteiger partial charge in [0.25, 0.3) is 0 Å². The number of ether oxygens (including phenoxy) is 3. The van der Waals surface area contributed by atoms with E-state index in [0.717, 1.165) is 24.9 Å². The van der Waals surface area contributed by atoms with Gasteiger partial charge in [0.05, 0.1) is 27.6 Å². The van der Waals surface area contributed by atoms with Crippen LogP contribution in [0.5, 0.6) is 17.2 Å². The van der Waals surface area contributed by atoms with Gasteiger partial charge in [-0.1, -0.05) is 0 Å². The Morgan fingerprint density at radius 3 is 2.10 bits per heavy atom. The summed E-state index contributed by atoms with van der Waals surface area (Å²) in [6, 6.07) is 3.78. The molecule has 0 saturated carbocycles. The standard InChI is InChI=1S/C19H32N4O5S.HI/c1-20-19(21-12-14-6-8-23(9-7-14)29(5,24)25)22-13-15-10-16(26-2)18(28-4)17(11-15)27-3;/h10-11,14H,6-9,12-13H2,1-5H3,(H2,20,21,22);1H. The van der Waals surface area contributed by atoms with Crippen LogP contribution in [0.4, 0.5) is 0 Å². The van der Waals surface area contributed by atoms with E-state index in [2.05, 4.69) is 15.6 Å². The van der Waals surface area contributed by atoms with Gasteiger partial charge >= 0.3 is 0 Å². The average molecular weight is 556 g/mol. The Hall–Kier alpha value is -1.47. The molecule has 0 spiro atoms. The number of rotatable bonds is 8. The Morgan fingerprint density at radius 2 is 1.67 bits per heavy atom. The fraction of sp³-hybridized carbons (Fsp3) is 0.632. The molecule has 1 aliphatic heterocycles. The SMILES string of the molecule is CN=C(NCc1cc(OC)c(OC)c(OC)c1)NCC1CCN(S(C)(=O)=O)CC1.I. The Labute approximate surface area is 196 Å². The monoisotopic (exact) mass is 556 g/mol. The van der Waals surface area contributed by atoms with Gasteiger partial charge in [0.2, 0.25) is 15.8 Å². The largest absolute Gasteiger partial charge is 0.493 e. The first-order valence-corrected chi connectivity index (χ1v) is 11.4. The van der Waals surface area contributed by atoms with Gasteiger partial charge < -0.3 is 24.8 Å². The number of hydrogen-bond acceptors (Lipinski definition) is 6. The van der Waals surface area contributed by atoms with Crippen molar-refractivity contribution < 1.29 is 22.6 Å². The highest BCUT2D eigenvalue weighted by Crippen LogP contribution is 2.38. The average Bonchev–Trinajstić information content (AvgIpc) is 2.72. The maximum Gasteiger partial charge on any atom is 0.211 e. The third kappa shape index (κ3) is 7.34. The molecule has 0 aliphatic carbocycles. The first-order chi connectivity index (χ1) is 13.8. The lowest BCUT2D eigenvalue weighted by molar-refractivity contribution is 0.275. The second-order valence-corrected chi connectivity index (χ2v) is 8.93. The van der Waals surface area contributed by atoms with Crippen molar-refractivity contribution in [1.29, 1.82) is 0 Å². The molecule has 1 saturated heterocycles. The number of guanidine groups is 1. The molecular weight excluding hydrogens is 523 g/mol. The van der Waals surface area contributed by atoms with E-state index in [0.29, 0.717) is 48.8 Å². The molecule has 11 heteroatoms. The van der Waals surface area contributed by atoms with Crippen LogP contribution in [-0.2, 0) is 16.6 Å². The van der Waals surface area contributed by atoms with Crippen LogP contribution in [0, 0.1) is 5.92 Å². The summed E-state index contributed by atoms with van der Waals surface area (Å²) in [5.41, 5.74) is 0.962. The molecule has 1 aromatic rings. The first-order valence-electron chi connectivity index (χ1n) is 9.50. The number of hydrogen-bond donors (Lipinski definition) is 2. The normalized spacial score (nSPS) is 15.8.